The van der Waals surface area contributed by atoms with Gasteiger partial charge in [0.25, 0.3) is 5.91 Å². The maximum Gasteiger partial charge on any atom is 0.277 e. The van der Waals surface area contributed by atoms with Crippen LogP contribution in [-0.4, -0.2) is 17.5 Å². The Morgan fingerprint density at radius 2 is 2.14 bits per heavy atom. The van der Waals surface area contributed by atoms with E-state index in [9.17, 15) is 9.18 Å². The van der Waals surface area contributed by atoms with Crippen LogP contribution in [0.1, 0.15) is 27.3 Å². The van der Waals surface area contributed by atoms with Crippen LogP contribution in [-0.2, 0) is 12.8 Å². The number of halogens is 1. The summed E-state index contributed by atoms with van der Waals surface area (Å²) in [6, 6.07) is 5.83. The molecule has 0 fully saturated rings. The third-order valence-electron chi connectivity index (χ3n) is 2.81. The number of hydrogen-bond acceptors (Lipinski definition) is 5. The molecular weight excluding hydrogens is 293 g/mol. The number of hydrogen-bond donors (Lipinski definition) is 2. The molecule has 0 aliphatic carbocycles. The molecule has 0 aliphatic heterocycles. The lowest BCUT2D eigenvalue weighted by molar-refractivity contribution is 0.0956. The number of carbonyl (C=O) groups excluding carboxylic acids is 1. The molecule has 5 nitrogen and oxygen atoms in total. The van der Waals surface area contributed by atoms with Gasteiger partial charge in [-0.2, -0.15) is 0 Å². The maximum atomic E-state index is 12.8. The Kier molecular flexibility index (Phi) is 5.24. The van der Waals surface area contributed by atoms with E-state index in [4.69, 9.17) is 10.6 Å². The Morgan fingerprint density at radius 3 is 2.76 bits per heavy atom. The zero-order valence-corrected chi connectivity index (χ0v) is 12.4. The largest absolute Gasteiger partial charge is 0.493 e. The van der Waals surface area contributed by atoms with E-state index >= 15 is 0 Å². The van der Waals surface area contributed by atoms with Crippen LogP contribution >= 0.6 is 11.3 Å². The number of nitrogens with two attached hydrogens (primary N) is 1. The van der Waals surface area contributed by atoms with Gasteiger partial charge in [0.05, 0.1) is 17.3 Å². The topological polar surface area (TPSA) is 77.2 Å². The summed E-state index contributed by atoms with van der Waals surface area (Å²) in [5.74, 6) is 5.13. The normalized spacial score (nSPS) is 10.4. The van der Waals surface area contributed by atoms with Gasteiger partial charge in [-0.15, -0.1) is 11.3 Å². The van der Waals surface area contributed by atoms with Gasteiger partial charge < -0.3 is 4.74 Å². The molecule has 2 rings (SSSR count). The summed E-state index contributed by atoms with van der Waals surface area (Å²) in [6.45, 7) is 2.34. The van der Waals surface area contributed by atoms with E-state index in [1.165, 1.54) is 23.5 Å². The van der Waals surface area contributed by atoms with Gasteiger partial charge in [-0.05, 0) is 30.7 Å². The number of ether oxygens (including phenoxy) is 1. The number of nitrogens with zero attached hydrogens (tertiary/aromatic N) is 1. The summed E-state index contributed by atoms with van der Waals surface area (Å²) >= 11 is 1.31. The molecule has 112 valence electrons. The van der Waals surface area contributed by atoms with Gasteiger partial charge in [0.1, 0.15) is 16.4 Å². The lowest BCUT2D eigenvalue weighted by atomic mass is 10.3. The average molecular weight is 309 g/mol. The number of nitrogens with one attached hydrogen (secondary N) is 1. The van der Waals surface area contributed by atoms with Crippen molar-refractivity contribution in [1.29, 1.82) is 0 Å². The Bertz CT molecular complexity index is 613. The molecule has 1 amide bonds. The lowest BCUT2D eigenvalue weighted by Crippen LogP contribution is -2.30. The Hall–Kier alpha value is -1.99. The number of hydrazine groups is 1. The number of aromatic nitrogens is 1. The minimum absolute atomic E-state index is 0.299. The number of rotatable bonds is 6. The van der Waals surface area contributed by atoms with Crippen LogP contribution in [0.4, 0.5) is 4.39 Å². The third kappa shape index (κ3) is 3.99. The first-order chi connectivity index (χ1) is 10.1. The first-order valence-electron chi connectivity index (χ1n) is 6.52. The smallest absolute Gasteiger partial charge is 0.277 e. The van der Waals surface area contributed by atoms with Gasteiger partial charge in [-0.3, -0.25) is 10.2 Å². The van der Waals surface area contributed by atoms with Crippen LogP contribution in [0, 0.1) is 5.82 Å². The predicted octanol–water partition coefficient (Wildman–Crippen LogP) is 2.07. The fraction of sp³-hybridized carbons (Fsp3) is 0.286. The van der Waals surface area contributed by atoms with E-state index in [0.717, 1.165) is 10.7 Å². The molecule has 21 heavy (non-hydrogen) atoms. The summed E-state index contributed by atoms with van der Waals surface area (Å²) in [7, 11) is 0. The maximum absolute atomic E-state index is 12.8. The highest BCUT2D eigenvalue weighted by Crippen LogP contribution is 2.20. The Labute approximate surface area is 125 Å². The lowest BCUT2D eigenvalue weighted by Gasteiger charge is -2.04. The van der Waals surface area contributed by atoms with E-state index in [0.29, 0.717) is 30.1 Å². The van der Waals surface area contributed by atoms with E-state index in [1.54, 1.807) is 12.1 Å². The van der Waals surface area contributed by atoms with Gasteiger partial charge in [-0.25, -0.2) is 15.2 Å². The van der Waals surface area contributed by atoms with Gasteiger partial charge in [0.2, 0.25) is 0 Å². The molecule has 0 aliphatic rings. The van der Waals surface area contributed by atoms with Crippen molar-refractivity contribution in [3.05, 3.63) is 45.7 Å². The number of carbonyl (C=O) groups is 1. The van der Waals surface area contributed by atoms with Crippen molar-refractivity contribution < 1.29 is 13.9 Å². The zero-order valence-electron chi connectivity index (χ0n) is 11.6. The van der Waals surface area contributed by atoms with Crippen LogP contribution in [0.2, 0.25) is 0 Å². The molecule has 2 aromatic rings. The molecule has 0 spiro atoms. The van der Waals surface area contributed by atoms with Crippen LogP contribution < -0.4 is 16.0 Å². The van der Waals surface area contributed by atoms with Gasteiger partial charge in [-0.1, -0.05) is 6.92 Å². The fourth-order valence-corrected chi connectivity index (χ4v) is 2.81. The molecule has 0 saturated carbocycles. The van der Waals surface area contributed by atoms with Crippen LogP contribution in [0.15, 0.2) is 24.3 Å². The molecular formula is C14H16FN3O2S. The second-order valence-corrected chi connectivity index (χ2v) is 5.35. The van der Waals surface area contributed by atoms with E-state index in [2.05, 4.69) is 10.4 Å². The highest BCUT2D eigenvalue weighted by Gasteiger charge is 2.15. The summed E-state index contributed by atoms with van der Waals surface area (Å²) in [6.07, 6.45) is 1.24. The molecule has 3 N–H and O–H groups in total. The highest BCUT2D eigenvalue weighted by atomic mass is 32.1. The first kappa shape index (κ1) is 15.4. The van der Waals surface area contributed by atoms with Crippen molar-refractivity contribution in [2.45, 2.75) is 19.8 Å². The number of nitrogen functional groups attached to an aromatic ring is 1. The van der Waals surface area contributed by atoms with Crippen molar-refractivity contribution in [2.75, 3.05) is 6.61 Å². The molecule has 1 aromatic carbocycles. The number of benzene rings is 1. The Morgan fingerprint density at radius 1 is 1.43 bits per heavy atom. The summed E-state index contributed by atoms with van der Waals surface area (Å²) < 4.78 is 18.3. The molecule has 0 bridgehead atoms. The zero-order chi connectivity index (χ0) is 15.2. The molecule has 1 heterocycles. The van der Waals surface area contributed by atoms with Gasteiger partial charge >= 0.3 is 0 Å². The van der Waals surface area contributed by atoms with Crippen molar-refractivity contribution in [2.24, 2.45) is 5.84 Å². The minimum atomic E-state index is -0.324. The monoisotopic (exact) mass is 309 g/mol. The highest BCUT2D eigenvalue weighted by molar-refractivity contribution is 7.13. The van der Waals surface area contributed by atoms with Crippen LogP contribution in [0.5, 0.6) is 5.75 Å². The minimum Gasteiger partial charge on any atom is -0.493 e. The number of amides is 1. The molecule has 1 aromatic heterocycles. The first-order valence-corrected chi connectivity index (χ1v) is 7.33. The quantitative estimate of drug-likeness (QED) is 0.486. The average Bonchev–Trinajstić information content (AvgIpc) is 2.92. The van der Waals surface area contributed by atoms with Crippen molar-refractivity contribution in [3.63, 3.8) is 0 Å². The molecule has 0 unspecified atom stereocenters. The molecule has 0 saturated heterocycles. The van der Waals surface area contributed by atoms with Crippen LogP contribution in [0.3, 0.4) is 0 Å². The molecule has 0 atom stereocenters. The SMILES string of the molecule is CCc1nc(CCOc2ccc(F)cc2)sc1C(=O)NN. The second kappa shape index (κ2) is 7.14. The fourth-order valence-electron chi connectivity index (χ4n) is 1.78. The van der Waals surface area contributed by atoms with Crippen molar-refractivity contribution in [3.8, 4) is 5.75 Å². The predicted molar refractivity (Wildman–Crippen MR) is 78.7 cm³/mol. The van der Waals surface area contributed by atoms with Gasteiger partial charge in [0, 0.05) is 6.42 Å². The molecule has 7 heteroatoms. The summed E-state index contributed by atoms with van der Waals surface area (Å²) in [4.78, 5) is 16.5. The molecule has 0 radical (unpaired) electrons. The van der Waals surface area contributed by atoms with E-state index in [1.807, 2.05) is 6.92 Å². The summed E-state index contributed by atoms with van der Waals surface area (Å²) in [5, 5.41) is 0.813. The van der Waals surface area contributed by atoms with Crippen LogP contribution in [0.25, 0.3) is 0 Å². The number of thiazole rings is 1. The van der Waals surface area contributed by atoms with Crippen molar-refractivity contribution >= 4 is 17.2 Å². The third-order valence-corrected chi connectivity index (χ3v) is 3.97. The Balaban J connectivity index is 1.95. The standard InChI is InChI=1S/C14H16FN3O2S/c1-2-11-13(14(19)18-16)21-12(17-11)7-8-20-10-5-3-9(15)4-6-10/h3-6H,2,7-8,16H2,1H3,(H,18,19). The number of aryl methyl sites for hydroxylation is 1. The second-order valence-electron chi connectivity index (χ2n) is 4.26. The van der Waals surface area contributed by atoms with Gasteiger partial charge in [0.15, 0.2) is 0 Å². The van der Waals surface area contributed by atoms with E-state index in [-0.39, 0.29) is 11.7 Å². The summed E-state index contributed by atoms with van der Waals surface area (Å²) in [5.41, 5.74) is 2.86. The van der Waals surface area contributed by atoms with Crippen molar-refractivity contribution in [1.82, 2.24) is 10.4 Å². The van der Waals surface area contributed by atoms with E-state index < -0.39 is 0 Å².